The molecule has 392 valence electrons. The van der Waals surface area contributed by atoms with Crippen molar-refractivity contribution in [1.82, 2.24) is 40.4 Å². The third-order valence-corrected chi connectivity index (χ3v) is 15.3. The lowest BCUT2D eigenvalue weighted by Gasteiger charge is -2.36. The number of carbonyl (C=O) groups excluding carboxylic acids is 4. The Hall–Kier alpha value is -6.67. The zero-order valence-electron chi connectivity index (χ0n) is 41.8. The Bertz CT molecular complexity index is 2690. The van der Waals surface area contributed by atoms with E-state index in [1.165, 1.54) is 31.3 Å². The number of nitrogens with one attached hydrogen (secondary N) is 4. The van der Waals surface area contributed by atoms with Crippen LogP contribution in [-0.2, 0) is 19.1 Å². The molecule has 0 spiro atoms. The van der Waals surface area contributed by atoms with E-state index in [9.17, 15) is 32.3 Å². The van der Waals surface area contributed by atoms with Crippen LogP contribution in [0, 0.1) is 29.4 Å². The van der Waals surface area contributed by atoms with Crippen LogP contribution in [0.15, 0.2) is 48.5 Å². The maximum atomic E-state index is 16.5. The number of carbonyl (C=O) groups is 4. The Morgan fingerprint density at radius 1 is 0.630 bits per heavy atom. The van der Waals surface area contributed by atoms with Crippen LogP contribution >= 0.6 is 0 Å². The van der Waals surface area contributed by atoms with Crippen LogP contribution in [0.5, 0.6) is 0 Å². The second kappa shape index (κ2) is 20.7. The summed E-state index contributed by atoms with van der Waals surface area (Å²) < 4.78 is 83.3. The molecule has 2 aromatic heterocycles. The number of hydrogen-bond acceptors (Lipinski definition) is 10. The summed E-state index contributed by atoms with van der Waals surface area (Å²) in [6.07, 6.45) is -2.40. The molecule has 16 nitrogen and oxygen atoms in total. The van der Waals surface area contributed by atoms with Crippen molar-refractivity contribution in [2.24, 2.45) is 17.8 Å². The average Bonchev–Trinajstić information content (AvgIpc) is 4.22. The van der Waals surface area contributed by atoms with Gasteiger partial charge < -0.3 is 49.7 Å². The smallest absolute Gasteiger partial charge is 0.407 e. The molecule has 4 N–H and O–H groups in total. The molecule has 4 amide bonds. The van der Waals surface area contributed by atoms with Crippen molar-refractivity contribution in [2.75, 3.05) is 50.2 Å². The molecule has 4 saturated heterocycles. The first-order chi connectivity index (χ1) is 34.8. The van der Waals surface area contributed by atoms with E-state index in [0.29, 0.717) is 72.5 Å². The van der Waals surface area contributed by atoms with Crippen molar-refractivity contribution in [3.8, 4) is 0 Å². The number of fused-ring (bicyclic) bond motifs is 2. The van der Waals surface area contributed by atoms with Crippen LogP contribution in [-0.4, -0.2) is 112 Å². The number of hydrogen-bond donors (Lipinski definition) is 4. The van der Waals surface area contributed by atoms with Crippen molar-refractivity contribution in [3.05, 3.63) is 82.9 Å². The van der Waals surface area contributed by atoms with Gasteiger partial charge in [0.1, 0.15) is 29.4 Å². The lowest BCUT2D eigenvalue weighted by molar-refractivity contribution is -0.179. The maximum Gasteiger partial charge on any atom is 0.407 e. The Morgan fingerprint density at radius 2 is 1.07 bits per heavy atom. The number of likely N-dealkylation sites (tertiary alicyclic amines) is 2. The largest absolute Gasteiger partial charge is 0.453 e. The molecule has 6 atom stereocenters. The zero-order valence-corrected chi connectivity index (χ0v) is 41.8. The predicted molar refractivity (Wildman–Crippen MR) is 262 cm³/mol. The number of benzene rings is 3. The number of ether oxygens (including phenoxy) is 2. The van der Waals surface area contributed by atoms with Crippen LogP contribution < -0.4 is 20.4 Å². The maximum absolute atomic E-state index is 16.5. The van der Waals surface area contributed by atoms with E-state index in [1.54, 1.807) is 9.80 Å². The van der Waals surface area contributed by atoms with Crippen LogP contribution in [0.4, 0.5) is 42.9 Å². The first-order valence-electron chi connectivity index (χ1n) is 25.2. The summed E-state index contributed by atoms with van der Waals surface area (Å²) in [6.45, 7) is 8.08. The molecule has 0 aliphatic carbocycles. The van der Waals surface area contributed by atoms with Crippen LogP contribution in [0.3, 0.4) is 0 Å². The minimum atomic E-state index is -4.39. The minimum Gasteiger partial charge on any atom is -0.453 e. The topological polar surface area (TPSA) is 181 Å². The highest BCUT2D eigenvalue weighted by Crippen LogP contribution is 2.49. The van der Waals surface area contributed by atoms with Gasteiger partial charge in [0.15, 0.2) is 11.6 Å². The van der Waals surface area contributed by atoms with Crippen LogP contribution in [0.25, 0.3) is 22.1 Å². The summed E-state index contributed by atoms with van der Waals surface area (Å²) in [5.74, 6) is -2.99. The quantitative estimate of drug-likeness (QED) is 0.0879. The molecule has 5 aromatic rings. The number of halogens is 5. The second-order valence-electron chi connectivity index (χ2n) is 20.5. The Balaban J connectivity index is 1.04. The molecule has 4 aliphatic rings. The fourth-order valence-electron chi connectivity index (χ4n) is 11.5. The lowest BCUT2D eigenvalue weighted by atomic mass is 9.95. The highest BCUT2D eigenvalue weighted by Gasteiger charge is 2.44. The van der Waals surface area contributed by atoms with Gasteiger partial charge in [-0.1, -0.05) is 39.8 Å². The molecule has 6 heterocycles. The molecular formula is C52H63F5N10O6. The average molecular weight is 1020 g/mol. The monoisotopic (exact) mass is 1020 g/mol. The van der Waals surface area contributed by atoms with Gasteiger partial charge in [0.25, 0.3) is 0 Å². The van der Waals surface area contributed by atoms with E-state index in [4.69, 9.17) is 19.4 Å². The fraction of sp³-hybridized carbons (Fsp3) is 0.538. The lowest BCUT2D eigenvalue weighted by Crippen LogP contribution is -2.51. The van der Waals surface area contributed by atoms with Crippen molar-refractivity contribution < 1.29 is 50.6 Å². The number of methoxy groups -OCH3 is 2. The number of alkyl halides is 3. The summed E-state index contributed by atoms with van der Waals surface area (Å²) in [5.41, 5.74) is 4.29. The van der Waals surface area contributed by atoms with Gasteiger partial charge in [0.05, 0.1) is 66.4 Å². The third-order valence-electron chi connectivity index (χ3n) is 15.3. The summed E-state index contributed by atoms with van der Waals surface area (Å²) in [7, 11) is 2.49. The molecule has 0 saturated carbocycles. The molecule has 9 rings (SSSR count). The molecule has 0 bridgehead atoms. The van der Waals surface area contributed by atoms with Crippen LogP contribution in [0.2, 0.25) is 0 Å². The van der Waals surface area contributed by atoms with Crippen molar-refractivity contribution in [3.63, 3.8) is 0 Å². The van der Waals surface area contributed by atoms with Gasteiger partial charge in [-0.25, -0.2) is 28.3 Å². The number of alkyl carbamates (subject to hydrolysis) is 2. The van der Waals surface area contributed by atoms with E-state index in [-0.39, 0.29) is 73.0 Å². The number of imidazole rings is 2. The van der Waals surface area contributed by atoms with Gasteiger partial charge in [-0.15, -0.1) is 0 Å². The van der Waals surface area contributed by atoms with E-state index in [2.05, 4.69) is 20.6 Å². The van der Waals surface area contributed by atoms with E-state index in [0.717, 1.165) is 24.0 Å². The first kappa shape index (κ1) is 51.2. The number of amides is 4. The number of aromatic nitrogens is 4. The Morgan fingerprint density at radius 3 is 1.47 bits per heavy atom. The highest BCUT2D eigenvalue weighted by molar-refractivity contribution is 5.88. The zero-order chi connectivity index (χ0) is 52.0. The van der Waals surface area contributed by atoms with E-state index >= 15 is 8.78 Å². The van der Waals surface area contributed by atoms with Crippen molar-refractivity contribution >= 4 is 57.4 Å². The predicted octanol–water partition coefficient (Wildman–Crippen LogP) is 9.67. The third kappa shape index (κ3) is 10.2. The van der Waals surface area contributed by atoms with Crippen LogP contribution in [0.1, 0.15) is 126 Å². The van der Waals surface area contributed by atoms with Gasteiger partial charge in [-0.2, -0.15) is 13.2 Å². The molecule has 21 heteroatoms. The molecule has 0 radical (unpaired) electrons. The number of rotatable bonds is 12. The number of piperidine rings is 1. The summed E-state index contributed by atoms with van der Waals surface area (Å²) >= 11 is 0. The SMILES string of the molecule is COC(=O)N[C@H](C(=O)N1CCC[C@H]1c1nc2ccc([C@H]3CC[C@H](c4ccc5nc([C@@H]6CCCN6C(=O)[C@@H](NC(=O)OC)C(C)C)[nH]c5c4)N3c3cc(F)c(N4CCC(C(F)(F)F)CC4)c(F)c3)cc2[nH]1)C(C)C. The van der Waals surface area contributed by atoms with Gasteiger partial charge in [-0.3, -0.25) is 9.59 Å². The Labute approximate surface area is 419 Å². The van der Waals surface area contributed by atoms with Crippen molar-refractivity contribution in [2.45, 2.75) is 121 Å². The van der Waals surface area contributed by atoms with E-state index in [1.807, 2.05) is 69.0 Å². The van der Waals surface area contributed by atoms with E-state index < -0.39 is 60.1 Å². The molecular weight excluding hydrogens is 956 g/mol. The number of aromatic amines is 2. The number of anilines is 2. The minimum absolute atomic E-state index is 0.143. The summed E-state index contributed by atoms with van der Waals surface area (Å²) in [5, 5.41) is 5.36. The van der Waals surface area contributed by atoms with Gasteiger partial charge in [0.2, 0.25) is 11.8 Å². The molecule has 4 fully saturated rings. The molecule has 0 unspecified atom stereocenters. The first-order valence-corrected chi connectivity index (χ1v) is 25.2. The highest BCUT2D eigenvalue weighted by atomic mass is 19.4. The van der Waals surface area contributed by atoms with Gasteiger partial charge in [-0.05, 0) is 111 Å². The van der Waals surface area contributed by atoms with Crippen molar-refractivity contribution in [1.29, 1.82) is 0 Å². The fourth-order valence-corrected chi connectivity index (χ4v) is 11.5. The molecule has 3 aromatic carbocycles. The molecule has 4 aliphatic heterocycles. The van der Waals surface area contributed by atoms with Gasteiger partial charge in [0, 0.05) is 31.9 Å². The Kier molecular flexibility index (Phi) is 14.5. The summed E-state index contributed by atoms with van der Waals surface area (Å²) in [4.78, 5) is 75.8. The number of H-pyrrole nitrogens is 2. The summed E-state index contributed by atoms with van der Waals surface area (Å²) in [6, 6.07) is 10.9. The standard InChI is InChI=1S/C52H63F5N10O6/c1-27(2)43(62-50(70)72-5)48(68)65-19-7-9-41(65)46-58-35-13-11-29(23-37(35)60-46)39-15-16-40(67(39)32-25-33(53)45(34(54)26-32)64-21-17-31(18-22-64)52(55,56)57)30-12-14-36-38(24-30)61-47(59-36)42-10-8-20-66(42)49(69)44(28(3)4)63-51(71)73-6/h11-14,23-28,31,39-44H,7-10,15-22H2,1-6H3,(H,58,60)(H,59,61)(H,62,70)(H,63,71)/t39-,40-,41+,42+,43+,44+/m1/s1. The number of nitrogens with zero attached hydrogens (tertiary/aromatic N) is 6. The normalized spacial score (nSPS) is 21.7. The molecule has 73 heavy (non-hydrogen) atoms. The van der Waals surface area contributed by atoms with Gasteiger partial charge >= 0.3 is 18.4 Å². The second-order valence-corrected chi connectivity index (χ2v) is 20.5.